The first kappa shape index (κ1) is 26.7. The monoisotopic (exact) mass is 639 g/mol. The number of nitrogens with zero attached hydrogens (tertiary/aromatic N) is 1. The zero-order valence-electron chi connectivity index (χ0n) is 21.6. The van der Waals surface area contributed by atoms with E-state index >= 15 is 0 Å². The van der Waals surface area contributed by atoms with Gasteiger partial charge >= 0.3 is 5.97 Å². The Kier molecular flexibility index (Phi) is 8.64. The second-order valence-corrected chi connectivity index (χ2v) is 11.3. The molecular formula is C31H30INO4S. The van der Waals surface area contributed by atoms with Crippen molar-refractivity contribution < 1.29 is 19.0 Å². The fraction of sp³-hybridized carbons (Fsp3) is 0.290. The molecule has 5 rings (SSSR count). The lowest BCUT2D eigenvalue weighted by Crippen LogP contribution is -2.09. The third-order valence-corrected chi connectivity index (χ3v) is 8.49. The Bertz CT molecular complexity index is 1490. The lowest BCUT2D eigenvalue weighted by atomic mass is 9.95. The molecule has 5 nitrogen and oxygen atoms in total. The van der Waals surface area contributed by atoms with Crippen LogP contribution in [0.2, 0.25) is 0 Å². The zero-order chi connectivity index (χ0) is 26.5. The molecule has 0 amide bonds. The van der Waals surface area contributed by atoms with Gasteiger partial charge in [0, 0.05) is 11.1 Å². The highest BCUT2D eigenvalue weighted by molar-refractivity contribution is 14.1. The summed E-state index contributed by atoms with van der Waals surface area (Å²) in [6.07, 6.45) is 5.95. The predicted molar refractivity (Wildman–Crippen MR) is 163 cm³/mol. The highest BCUT2D eigenvalue weighted by atomic mass is 127. The Hall–Kier alpha value is -2.91. The standard InChI is InChI=1S/C31H30INO4S/c1-3-35-26-17-21(18-33-30-28(31(34)36-4-2)24-11-7-8-12-27(24)38-30)16-25(32)29(26)37-19-20-13-14-22-9-5-6-10-23(22)15-20/h5-6,9-10,13-18H,3-4,7-8,11-12,19H2,1-2H3. The van der Waals surface area contributed by atoms with Crippen molar-refractivity contribution >= 4 is 61.9 Å². The van der Waals surface area contributed by atoms with E-state index in [-0.39, 0.29) is 5.97 Å². The molecule has 1 aliphatic rings. The number of hydrogen-bond acceptors (Lipinski definition) is 6. The minimum Gasteiger partial charge on any atom is -0.490 e. The number of carbonyl (C=O) groups excluding carboxylic acids is 1. The lowest BCUT2D eigenvalue weighted by Gasteiger charge is -2.15. The predicted octanol–water partition coefficient (Wildman–Crippen LogP) is 8.29. The van der Waals surface area contributed by atoms with Crippen LogP contribution < -0.4 is 9.47 Å². The number of benzene rings is 3. The first-order chi connectivity index (χ1) is 18.6. The number of thiophene rings is 1. The number of aryl methyl sites for hydroxylation is 1. The Morgan fingerprint density at radius 1 is 1.00 bits per heavy atom. The van der Waals surface area contributed by atoms with E-state index in [2.05, 4.69) is 52.9 Å². The number of hydrogen-bond donors (Lipinski definition) is 0. The summed E-state index contributed by atoms with van der Waals surface area (Å²) >= 11 is 3.89. The molecule has 0 saturated carbocycles. The molecule has 1 heterocycles. The van der Waals surface area contributed by atoms with Crippen molar-refractivity contribution in [3.63, 3.8) is 0 Å². The molecule has 38 heavy (non-hydrogen) atoms. The molecule has 0 fully saturated rings. The van der Waals surface area contributed by atoms with Gasteiger partial charge in [-0.15, -0.1) is 11.3 Å². The van der Waals surface area contributed by atoms with Crippen molar-refractivity contribution in [3.8, 4) is 11.5 Å². The summed E-state index contributed by atoms with van der Waals surface area (Å²) in [6, 6.07) is 18.7. The van der Waals surface area contributed by atoms with Crippen LogP contribution >= 0.6 is 33.9 Å². The van der Waals surface area contributed by atoms with Gasteiger partial charge in [0.15, 0.2) is 11.5 Å². The minimum absolute atomic E-state index is 0.277. The van der Waals surface area contributed by atoms with E-state index in [0.717, 1.165) is 56.7 Å². The molecule has 0 saturated heterocycles. The third kappa shape index (κ3) is 5.89. The number of ether oxygens (including phenoxy) is 3. The van der Waals surface area contributed by atoms with Crippen molar-refractivity contribution in [2.45, 2.75) is 46.1 Å². The quantitative estimate of drug-likeness (QED) is 0.105. The molecule has 196 valence electrons. The van der Waals surface area contributed by atoms with Crippen molar-refractivity contribution in [3.05, 3.63) is 85.3 Å². The van der Waals surface area contributed by atoms with Crippen LogP contribution in [-0.4, -0.2) is 25.4 Å². The van der Waals surface area contributed by atoms with E-state index in [9.17, 15) is 4.79 Å². The van der Waals surface area contributed by atoms with Crippen LogP contribution in [0.1, 0.15) is 58.6 Å². The maximum atomic E-state index is 12.8. The number of halogens is 1. The Morgan fingerprint density at radius 2 is 1.82 bits per heavy atom. The smallest absolute Gasteiger partial charge is 0.341 e. The lowest BCUT2D eigenvalue weighted by molar-refractivity contribution is 0.0526. The van der Waals surface area contributed by atoms with Crippen molar-refractivity contribution in [1.29, 1.82) is 0 Å². The molecule has 0 bridgehead atoms. The first-order valence-corrected chi connectivity index (χ1v) is 14.9. The second kappa shape index (κ2) is 12.3. The van der Waals surface area contributed by atoms with E-state index in [1.807, 2.05) is 38.1 Å². The molecule has 1 aromatic heterocycles. The number of rotatable bonds is 9. The summed E-state index contributed by atoms with van der Waals surface area (Å²) in [6.45, 7) is 5.11. The summed E-state index contributed by atoms with van der Waals surface area (Å²) in [7, 11) is 0. The number of carbonyl (C=O) groups is 1. The molecule has 0 aliphatic heterocycles. The summed E-state index contributed by atoms with van der Waals surface area (Å²) in [4.78, 5) is 18.8. The van der Waals surface area contributed by atoms with Gasteiger partial charge in [0.05, 0.1) is 22.3 Å². The van der Waals surface area contributed by atoms with Gasteiger partial charge in [-0.1, -0.05) is 36.4 Å². The molecule has 0 spiro atoms. The fourth-order valence-electron chi connectivity index (χ4n) is 4.74. The van der Waals surface area contributed by atoms with Crippen molar-refractivity contribution in [2.24, 2.45) is 4.99 Å². The summed E-state index contributed by atoms with van der Waals surface area (Å²) in [5.41, 5.74) is 3.74. The van der Waals surface area contributed by atoms with Gasteiger partial charge in [-0.3, -0.25) is 0 Å². The summed E-state index contributed by atoms with van der Waals surface area (Å²) in [5, 5.41) is 3.12. The van der Waals surface area contributed by atoms with Crippen LogP contribution in [0.5, 0.6) is 11.5 Å². The first-order valence-electron chi connectivity index (χ1n) is 13.0. The van der Waals surface area contributed by atoms with E-state index in [1.165, 1.54) is 15.6 Å². The van der Waals surface area contributed by atoms with Gasteiger partial charge in [-0.25, -0.2) is 9.79 Å². The number of aliphatic imine (C=N–C) groups is 1. The van der Waals surface area contributed by atoms with Crippen LogP contribution in [0, 0.1) is 3.57 Å². The average Bonchev–Trinajstić information content (AvgIpc) is 3.30. The highest BCUT2D eigenvalue weighted by Gasteiger charge is 2.26. The maximum Gasteiger partial charge on any atom is 0.341 e. The Balaban J connectivity index is 1.40. The van der Waals surface area contributed by atoms with Gasteiger partial charge in [0.1, 0.15) is 11.6 Å². The molecule has 7 heteroatoms. The molecule has 0 unspecified atom stereocenters. The van der Waals surface area contributed by atoms with Gasteiger partial charge in [0.25, 0.3) is 0 Å². The SMILES string of the molecule is CCOC(=O)c1c(N=Cc2cc(I)c(OCc3ccc4ccccc4c3)c(OCC)c2)sc2c1CCCC2. The summed E-state index contributed by atoms with van der Waals surface area (Å²) in [5.74, 6) is 1.12. The fourth-order valence-corrected chi connectivity index (χ4v) is 6.74. The van der Waals surface area contributed by atoms with Crippen molar-refractivity contribution in [1.82, 2.24) is 0 Å². The average molecular weight is 640 g/mol. The van der Waals surface area contributed by atoms with Gasteiger partial charge in [-0.05, 0) is 108 Å². The molecule has 0 N–H and O–H groups in total. The normalized spacial score (nSPS) is 13.0. The van der Waals surface area contributed by atoms with Crippen LogP contribution in [0.25, 0.3) is 10.8 Å². The van der Waals surface area contributed by atoms with Gasteiger partial charge in [-0.2, -0.15) is 0 Å². The van der Waals surface area contributed by atoms with Crippen molar-refractivity contribution in [2.75, 3.05) is 13.2 Å². The second-order valence-electron chi connectivity index (χ2n) is 9.10. The maximum absolute atomic E-state index is 12.8. The highest BCUT2D eigenvalue weighted by Crippen LogP contribution is 2.41. The number of esters is 1. The molecule has 1 aliphatic carbocycles. The van der Waals surface area contributed by atoms with Crippen LogP contribution in [0.15, 0.2) is 59.6 Å². The molecule has 0 radical (unpaired) electrons. The van der Waals surface area contributed by atoms with Gasteiger partial charge in [0.2, 0.25) is 0 Å². The van der Waals surface area contributed by atoms with Crippen LogP contribution in [0.3, 0.4) is 0 Å². The molecular weight excluding hydrogens is 609 g/mol. The Labute approximate surface area is 241 Å². The van der Waals surface area contributed by atoms with Crippen LogP contribution in [0.4, 0.5) is 5.00 Å². The largest absolute Gasteiger partial charge is 0.490 e. The minimum atomic E-state index is -0.277. The third-order valence-electron chi connectivity index (χ3n) is 6.49. The van der Waals surface area contributed by atoms with E-state index < -0.39 is 0 Å². The van der Waals surface area contributed by atoms with E-state index in [1.54, 1.807) is 17.6 Å². The Morgan fingerprint density at radius 3 is 2.63 bits per heavy atom. The topological polar surface area (TPSA) is 57.1 Å². The van der Waals surface area contributed by atoms with Gasteiger partial charge < -0.3 is 14.2 Å². The van der Waals surface area contributed by atoms with Crippen LogP contribution in [-0.2, 0) is 24.2 Å². The zero-order valence-corrected chi connectivity index (χ0v) is 24.6. The van der Waals surface area contributed by atoms with E-state index in [0.29, 0.717) is 31.1 Å². The van der Waals surface area contributed by atoms with E-state index in [4.69, 9.17) is 19.2 Å². The molecule has 0 atom stereocenters. The summed E-state index contributed by atoms with van der Waals surface area (Å²) < 4.78 is 18.5. The number of fused-ring (bicyclic) bond motifs is 2. The molecule has 4 aromatic rings. The molecule has 3 aromatic carbocycles.